The summed E-state index contributed by atoms with van der Waals surface area (Å²) < 4.78 is 35.3. The van der Waals surface area contributed by atoms with Crippen LogP contribution >= 0.6 is 22.6 Å². The lowest BCUT2D eigenvalue weighted by atomic mass is 10.2. The molecule has 0 unspecified atom stereocenters. The highest BCUT2D eigenvalue weighted by Gasteiger charge is 2.24. The van der Waals surface area contributed by atoms with Gasteiger partial charge in [0, 0.05) is 3.57 Å². The Bertz CT molecular complexity index is 1010. The molecule has 0 atom stereocenters. The van der Waals surface area contributed by atoms with Crippen molar-refractivity contribution in [3.63, 3.8) is 0 Å². The number of halogens is 1. The van der Waals surface area contributed by atoms with Crippen molar-refractivity contribution in [2.75, 3.05) is 25.4 Å². The topological polar surface area (TPSA) is 149 Å². The quantitative estimate of drug-likeness (QED) is 0.422. The summed E-state index contributed by atoms with van der Waals surface area (Å²) in [7, 11) is -1.53. The fourth-order valence-corrected chi connectivity index (χ4v) is 3.99. The van der Waals surface area contributed by atoms with Gasteiger partial charge in [-0.1, -0.05) is 0 Å². The Hall–Kier alpha value is -2.55. The normalized spacial score (nSPS) is 10.9. The Morgan fingerprint density at radius 3 is 2.54 bits per heavy atom. The van der Waals surface area contributed by atoms with Crippen molar-refractivity contribution >= 4 is 50.4 Å². The van der Waals surface area contributed by atoms with E-state index in [1.807, 2.05) is 22.6 Å². The number of nitrogens with one attached hydrogen (secondary N) is 2. The third kappa shape index (κ3) is 5.48. The zero-order valence-electron chi connectivity index (χ0n) is 15.0. The van der Waals surface area contributed by atoms with Crippen molar-refractivity contribution in [2.45, 2.75) is 11.8 Å². The van der Waals surface area contributed by atoms with E-state index in [9.17, 15) is 18.0 Å². The molecule has 2 amide bonds. The van der Waals surface area contributed by atoms with Crippen molar-refractivity contribution in [3.05, 3.63) is 33.2 Å². The van der Waals surface area contributed by atoms with Gasteiger partial charge in [-0.15, -0.1) is 0 Å². The van der Waals surface area contributed by atoms with Crippen LogP contribution in [0.4, 0.5) is 10.7 Å². The first kappa shape index (κ1) is 21.7. The first-order valence-electron chi connectivity index (χ1n) is 7.58. The Morgan fingerprint density at radius 2 is 1.89 bits per heavy atom. The molecule has 1 aromatic carbocycles. The van der Waals surface area contributed by atoms with Crippen LogP contribution in [0.3, 0.4) is 0 Å². The Balaban J connectivity index is 2.15. The van der Waals surface area contributed by atoms with Gasteiger partial charge in [-0.2, -0.15) is 15.0 Å². The Morgan fingerprint density at radius 1 is 1.18 bits per heavy atom. The predicted octanol–water partition coefficient (Wildman–Crippen LogP) is 1.13. The lowest BCUT2D eigenvalue weighted by Crippen LogP contribution is -2.34. The molecule has 0 bridgehead atoms. The van der Waals surface area contributed by atoms with Gasteiger partial charge in [0.2, 0.25) is 5.95 Å². The van der Waals surface area contributed by atoms with Gasteiger partial charge in [-0.3, -0.25) is 5.32 Å². The number of amides is 2. The second-order valence-corrected chi connectivity index (χ2v) is 8.42. The van der Waals surface area contributed by atoms with E-state index in [0.29, 0.717) is 9.39 Å². The molecule has 0 saturated heterocycles. The maximum Gasteiger partial charge on any atom is 0.339 e. The number of hydrogen-bond acceptors (Lipinski definition) is 9. The van der Waals surface area contributed by atoms with Crippen molar-refractivity contribution < 1.29 is 27.5 Å². The van der Waals surface area contributed by atoms with Crippen LogP contribution in [0.2, 0.25) is 0 Å². The van der Waals surface area contributed by atoms with E-state index >= 15 is 0 Å². The first-order valence-corrected chi connectivity index (χ1v) is 10.3. The minimum Gasteiger partial charge on any atom is -0.467 e. The highest BCUT2D eigenvalue weighted by molar-refractivity contribution is 14.1. The highest BCUT2D eigenvalue weighted by atomic mass is 127. The molecule has 2 N–H and O–H groups in total. The van der Waals surface area contributed by atoms with Gasteiger partial charge in [-0.05, 0) is 47.7 Å². The number of methoxy groups -OCH3 is 2. The molecule has 0 aliphatic heterocycles. The number of urea groups is 1. The monoisotopic (exact) mass is 521 g/mol. The standard InChI is InChI=1S/C15H16IN5O6S/c1-8-18-13(21-15(19-8)27-3)20-14(23)17-7-28(24,25)11-6-9(16)4-5-10(11)12(22)26-2/h4-6H,7H2,1-3H3,(H2,17,18,19,20,21,23). The second kappa shape index (κ2) is 9.09. The smallest absolute Gasteiger partial charge is 0.339 e. The molecule has 1 aromatic heterocycles. The summed E-state index contributed by atoms with van der Waals surface area (Å²) in [5.74, 6) is -1.36. The highest BCUT2D eigenvalue weighted by Crippen LogP contribution is 2.21. The number of ether oxygens (including phenoxy) is 2. The molecule has 0 spiro atoms. The fourth-order valence-electron chi connectivity index (χ4n) is 2.02. The Labute approximate surface area is 174 Å². The molecule has 1 heterocycles. The number of nitrogens with zero attached hydrogens (tertiary/aromatic N) is 3. The van der Waals surface area contributed by atoms with Crippen molar-refractivity contribution in [3.8, 4) is 6.01 Å². The van der Waals surface area contributed by atoms with E-state index in [1.54, 1.807) is 13.0 Å². The van der Waals surface area contributed by atoms with Crippen LogP contribution in [-0.2, 0) is 14.6 Å². The number of aromatic nitrogens is 3. The fraction of sp³-hybridized carbons (Fsp3) is 0.267. The zero-order chi connectivity index (χ0) is 20.9. The summed E-state index contributed by atoms with van der Waals surface area (Å²) in [6.45, 7) is 1.57. The van der Waals surface area contributed by atoms with E-state index in [0.717, 1.165) is 7.11 Å². The summed E-state index contributed by atoms with van der Waals surface area (Å²) >= 11 is 1.91. The number of carbonyl (C=O) groups is 2. The van der Waals surface area contributed by atoms with Crippen LogP contribution in [0, 0.1) is 10.5 Å². The molecule has 28 heavy (non-hydrogen) atoms. The maximum absolute atomic E-state index is 12.6. The van der Waals surface area contributed by atoms with Crippen LogP contribution in [0.1, 0.15) is 16.2 Å². The van der Waals surface area contributed by atoms with Gasteiger partial charge < -0.3 is 14.8 Å². The van der Waals surface area contributed by atoms with Gasteiger partial charge in [0.1, 0.15) is 11.7 Å². The van der Waals surface area contributed by atoms with Crippen LogP contribution in [0.25, 0.3) is 0 Å². The van der Waals surface area contributed by atoms with Gasteiger partial charge in [0.05, 0.1) is 24.7 Å². The van der Waals surface area contributed by atoms with E-state index in [1.165, 1.54) is 19.2 Å². The molecule has 11 nitrogen and oxygen atoms in total. The van der Waals surface area contributed by atoms with Gasteiger partial charge in [-0.25, -0.2) is 18.0 Å². The number of sulfone groups is 1. The summed E-state index contributed by atoms with van der Waals surface area (Å²) in [6.07, 6.45) is 0. The number of anilines is 1. The SMILES string of the molecule is COC(=O)c1ccc(I)cc1S(=O)(=O)CNC(=O)Nc1nc(C)nc(OC)n1. The predicted molar refractivity (Wildman–Crippen MR) is 106 cm³/mol. The average molecular weight is 521 g/mol. The van der Waals surface area contributed by atoms with E-state index in [4.69, 9.17) is 4.74 Å². The minimum absolute atomic E-state index is 0.00278. The minimum atomic E-state index is -4.03. The molecular weight excluding hydrogens is 505 g/mol. The van der Waals surface area contributed by atoms with Crippen molar-refractivity contribution in [2.24, 2.45) is 0 Å². The molecule has 0 aliphatic carbocycles. The summed E-state index contributed by atoms with van der Waals surface area (Å²) in [6, 6.07) is 3.38. The lowest BCUT2D eigenvalue weighted by molar-refractivity contribution is 0.0596. The van der Waals surface area contributed by atoms with Crippen LogP contribution in [-0.4, -0.2) is 55.5 Å². The van der Waals surface area contributed by atoms with Crippen LogP contribution in [0.15, 0.2) is 23.1 Å². The van der Waals surface area contributed by atoms with Gasteiger partial charge in [0.25, 0.3) is 0 Å². The second-order valence-electron chi connectivity index (χ2n) is 5.21. The molecule has 13 heteroatoms. The summed E-state index contributed by atoms with van der Waals surface area (Å²) in [5, 5.41) is 4.49. The van der Waals surface area contributed by atoms with Crippen LogP contribution < -0.4 is 15.4 Å². The van der Waals surface area contributed by atoms with E-state index < -0.39 is 27.7 Å². The number of esters is 1. The van der Waals surface area contributed by atoms with E-state index in [2.05, 4.69) is 30.3 Å². The largest absolute Gasteiger partial charge is 0.467 e. The van der Waals surface area contributed by atoms with Gasteiger partial charge >= 0.3 is 18.0 Å². The molecule has 150 valence electrons. The van der Waals surface area contributed by atoms with Crippen molar-refractivity contribution in [1.29, 1.82) is 0 Å². The molecule has 0 saturated carbocycles. The number of benzene rings is 1. The third-order valence-electron chi connectivity index (χ3n) is 3.24. The molecular formula is C15H16IN5O6S. The molecule has 0 aliphatic rings. The number of rotatable bonds is 6. The molecule has 0 fully saturated rings. The Kier molecular flexibility index (Phi) is 7.06. The number of carbonyl (C=O) groups excluding carboxylic acids is 2. The van der Waals surface area contributed by atoms with Crippen molar-refractivity contribution in [1.82, 2.24) is 20.3 Å². The lowest BCUT2D eigenvalue weighted by Gasteiger charge is -2.11. The number of aryl methyl sites for hydroxylation is 1. The molecule has 0 radical (unpaired) electrons. The van der Waals surface area contributed by atoms with E-state index in [-0.39, 0.29) is 22.4 Å². The maximum atomic E-state index is 12.6. The third-order valence-corrected chi connectivity index (χ3v) is 5.44. The summed E-state index contributed by atoms with van der Waals surface area (Å²) in [5.41, 5.74) is -0.122. The zero-order valence-corrected chi connectivity index (χ0v) is 18.0. The summed E-state index contributed by atoms with van der Waals surface area (Å²) in [4.78, 5) is 35.2. The average Bonchev–Trinajstić information content (AvgIpc) is 2.65. The molecule has 2 rings (SSSR count). The first-order chi connectivity index (χ1) is 13.2. The van der Waals surface area contributed by atoms with Gasteiger partial charge in [0.15, 0.2) is 9.84 Å². The van der Waals surface area contributed by atoms with Crippen LogP contribution in [0.5, 0.6) is 6.01 Å². The number of hydrogen-bond donors (Lipinski definition) is 2. The molecule has 2 aromatic rings.